The van der Waals surface area contributed by atoms with Crippen molar-refractivity contribution >= 4 is 18.7 Å². The number of hydrogen-bond donors (Lipinski definition) is 1. The number of hydrogen-bond acceptors (Lipinski definition) is 2. The third-order valence-electron chi connectivity index (χ3n) is 7.89. The van der Waals surface area contributed by atoms with Gasteiger partial charge in [0.25, 0.3) is 8.32 Å². The van der Waals surface area contributed by atoms with E-state index in [0.29, 0.717) is 5.92 Å². The molecule has 0 saturated heterocycles. The molecule has 3 rings (SSSR count). The van der Waals surface area contributed by atoms with Crippen molar-refractivity contribution in [2.75, 3.05) is 13.2 Å². The van der Waals surface area contributed by atoms with Crippen molar-refractivity contribution in [1.82, 2.24) is 0 Å². The average Bonchev–Trinajstić information content (AvgIpc) is 2.93. The van der Waals surface area contributed by atoms with Gasteiger partial charge in [0.1, 0.15) is 0 Å². The molecule has 0 aromatic heterocycles. The highest BCUT2D eigenvalue weighted by molar-refractivity contribution is 6.99. The van der Waals surface area contributed by atoms with Gasteiger partial charge in [0, 0.05) is 13.2 Å². The molecular formula is C26H38O2Si. The number of aliphatic hydroxyl groups is 1. The normalized spacial score (nSPS) is 24.6. The summed E-state index contributed by atoms with van der Waals surface area (Å²) in [6.07, 6.45) is 2.17. The van der Waals surface area contributed by atoms with Crippen molar-refractivity contribution in [3.8, 4) is 0 Å². The van der Waals surface area contributed by atoms with Crippen molar-refractivity contribution in [3.05, 3.63) is 60.7 Å². The summed E-state index contributed by atoms with van der Waals surface area (Å²) in [5.74, 6) is 0.446. The van der Waals surface area contributed by atoms with E-state index in [0.717, 1.165) is 19.4 Å². The van der Waals surface area contributed by atoms with Gasteiger partial charge in [-0.3, -0.25) is 0 Å². The van der Waals surface area contributed by atoms with Gasteiger partial charge in [0.15, 0.2) is 0 Å². The third kappa shape index (κ3) is 3.73. The SMILES string of the molecule is CC1(C)[C@@H](CO[Si](c2ccccc2)(c2ccccc2)C(C)(C)C)CC[C@@]1(C)CO. The molecule has 2 nitrogen and oxygen atoms in total. The van der Waals surface area contributed by atoms with E-state index < -0.39 is 8.32 Å². The molecule has 1 aliphatic rings. The fourth-order valence-electron chi connectivity index (χ4n) is 5.23. The Morgan fingerprint density at radius 2 is 1.41 bits per heavy atom. The predicted molar refractivity (Wildman–Crippen MR) is 125 cm³/mol. The van der Waals surface area contributed by atoms with E-state index in [2.05, 4.69) is 102 Å². The van der Waals surface area contributed by atoms with Gasteiger partial charge in [-0.15, -0.1) is 0 Å². The second-order valence-electron chi connectivity index (χ2n) is 10.7. The van der Waals surface area contributed by atoms with Crippen LogP contribution in [0.3, 0.4) is 0 Å². The maximum atomic E-state index is 10.1. The first kappa shape index (κ1) is 22.3. The molecule has 1 aliphatic carbocycles. The number of aliphatic hydroxyl groups excluding tert-OH is 1. The topological polar surface area (TPSA) is 29.5 Å². The van der Waals surface area contributed by atoms with Crippen LogP contribution in [0.25, 0.3) is 0 Å². The Morgan fingerprint density at radius 3 is 1.79 bits per heavy atom. The lowest BCUT2D eigenvalue weighted by atomic mass is 9.66. The molecular weight excluding hydrogens is 372 g/mol. The van der Waals surface area contributed by atoms with E-state index in [9.17, 15) is 5.11 Å². The molecule has 0 radical (unpaired) electrons. The van der Waals surface area contributed by atoms with E-state index in [1.54, 1.807) is 0 Å². The lowest BCUT2D eigenvalue weighted by Gasteiger charge is -2.46. The Hall–Kier alpha value is -1.42. The van der Waals surface area contributed by atoms with Crippen LogP contribution < -0.4 is 10.4 Å². The van der Waals surface area contributed by atoms with Crippen LogP contribution in [0.5, 0.6) is 0 Å². The average molecular weight is 411 g/mol. The lowest BCUT2D eigenvalue weighted by molar-refractivity contribution is 0.0124. The molecule has 3 heteroatoms. The molecule has 0 heterocycles. The molecule has 2 atom stereocenters. The highest BCUT2D eigenvalue weighted by Gasteiger charge is 2.54. The maximum Gasteiger partial charge on any atom is 0.261 e. The summed E-state index contributed by atoms with van der Waals surface area (Å²) in [5.41, 5.74) is 0.0135. The maximum absolute atomic E-state index is 10.1. The summed E-state index contributed by atoms with van der Waals surface area (Å²) in [6.45, 7) is 14.8. The Morgan fingerprint density at radius 1 is 0.931 bits per heavy atom. The van der Waals surface area contributed by atoms with Crippen molar-refractivity contribution in [1.29, 1.82) is 0 Å². The van der Waals surface area contributed by atoms with Crippen LogP contribution in [0, 0.1) is 16.7 Å². The quantitative estimate of drug-likeness (QED) is 0.679. The molecule has 29 heavy (non-hydrogen) atoms. The smallest absolute Gasteiger partial charge is 0.261 e. The first-order chi connectivity index (χ1) is 13.6. The van der Waals surface area contributed by atoms with Gasteiger partial charge in [-0.1, -0.05) is 102 Å². The van der Waals surface area contributed by atoms with Crippen LogP contribution in [0.1, 0.15) is 54.4 Å². The molecule has 1 N–H and O–H groups in total. The van der Waals surface area contributed by atoms with E-state index in [1.165, 1.54) is 10.4 Å². The molecule has 0 spiro atoms. The van der Waals surface area contributed by atoms with E-state index >= 15 is 0 Å². The zero-order valence-electron chi connectivity index (χ0n) is 19.0. The van der Waals surface area contributed by atoms with Crippen LogP contribution in [-0.4, -0.2) is 26.6 Å². The van der Waals surface area contributed by atoms with Gasteiger partial charge in [-0.2, -0.15) is 0 Å². The van der Waals surface area contributed by atoms with Crippen LogP contribution in [-0.2, 0) is 4.43 Å². The molecule has 0 unspecified atom stereocenters. The molecule has 0 aliphatic heterocycles. The van der Waals surface area contributed by atoms with Crippen LogP contribution >= 0.6 is 0 Å². The number of benzene rings is 2. The first-order valence-electron chi connectivity index (χ1n) is 10.9. The summed E-state index contributed by atoms with van der Waals surface area (Å²) >= 11 is 0. The second kappa shape index (κ2) is 8.01. The molecule has 2 aromatic carbocycles. The van der Waals surface area contributed by atoms with Gasteiger partial charge in [-0.25, -0.2) is 0 Å². The lowest BCUT2D eigenvalue weighted by Crippen LogP contribution is -2.67. The van der Waals surface area contributed by atoms with Gasteiger partial charge < -0.3 is 9.53 Å². The molecule has 158 valence electrons. The van der Waals surface area contributed by atoms with Crippen LogP contribution in [0.2, 0.25) is 5.04 Å². The van der Waals surface area contributed by atoms with Gasteiger partial charge in [0.05, 0.1) is 0 Å². The van der Waals surface area contributed by atoms with Crippen LogP contribution in [0.15, 0.2) is 60.7 Å². The predicted octanol–water partition coefficient (Wildman–Crippen LogP) is 5.00. The fraction of sp³-hybridized carbons (Fsp3) is 0.538. The largest absolute Gasteiger partial charge is 0.407 e. The summed E-state index contributed by atoms with van der Waals surface area (Å²) in [6, 6.07) is 21.7. The minimum Gasteiger partial charge on any atom is -0.407 e. The summed E-state index contributed by atoms with van der Waals surface area (Å²) in [5, 5.41) is 12.7. The summed E-state index contributed by atoms with van der Waals surface area (Å²) in [7, 11) is -2.50. The van der Waals surface area contributed by atoms with Gasteiger partial charge in [-0.05, 0) is 45.0 Å². The molecule has 0 amide bonds. The standard InChI is InChI=1S/C26H38O2Si/c1-24(2,3)29(22-13-9-7-10-14-22,23-15-11-8-12-16-23)28-19-21-17-18-26(6,20-27)25(21,4)5/h7-16,21,27H,17-20H2,1-6H3/t21-,26+/m1/s1. The molecule has 2 aromatic rings. The highest BCUT2D eigenvalue weighted by atomic mass is 28.4. The van der Waals surface area contributed by atoms with E-state index in [-0.39, 0.29) is 22.5 Å². The van der Waals surface area contributed by atoms with Crippen molar-refractivity contribution in [2.24, 2.45) is 16.7 Å². The molecule has 1 fully saturated rings. The minimum atomic E-state index is -2.50. The van der Waals surface area contributed by atoms with Crippen molar-refractivity contribution in [3.63, 3.8) is 0 Å². The Kier molecular flexibility index (Phi) is 6.15. The van der Waals surface area contributed by atoms with E-state index in [1.807, 2.05) is 0 Å². The first-order valence-corrected chi connectivity index (χ1v) is 12.9. The zero-order valence-corrected chi connectivity index (χ0v) is 20.0. The summed E-state index contributed by atoms with van der Waals surface area (Å²) < 4.78 is 7.18. The van der Waals surface area contributed by atoms with Crippen molar-refractivity contribution < 1.29 is 9.53 Å². The minimum absolute atomic E-state index is 0.00125. The molecule has 1 saturated carbocycles. The van der Waals surface area contributed by atoms with Crippen molar-refractivity contribution in [2.45, 2.75) is 59.4 Å². The monoisotopic (exact) mass is 410 g/mol. The van der Waals surface area contributed by atoms with E-state index in [4.69, 9.17) is 4.43 Å². The van der Waals surface area contributed by atoms with Crippen LogP contribution in [0.4, 0.5) is 0 Å². The zero-order chi connectivity index (χ0) is 21.3. The van der Waals surface area contributed by atoms with Gasteiger partial charge >= 0.3 is 0 Å². The highest BCUT2D eigenvalue weighted by Crippen LogP contribution is 2.56. The number of rotatable bonds is 6. The molecule has 0 bridgehead atoms. The van der Waals surface area contributed by atoms with Gasteiger partial charge in [0.2, 0.25) is 0 Å². The summed E-state index contributed by atoms with van der Waals surface area (Å²) in [4.78, 5) is 0. The second-order valence-corrected chi connectivity index (χ2v) is 15.0. The fourth-order valence-corrected chi connectivity index (χ4v) is 9.84. The Balaban J connectivity index is 2.03. The Bertz CT molecular complexity index is 755. The third-order valence-corrected chi connectivity index (χ3v) is 12.9. The Labute approximate surface area is 178 Å².